The molecule has 0 heterocycles. The fraction of sp³-hybridized carbons (Fsp3) is 0.462. The summed E-state index contributed by atoms with van der Waals surface area (Å²) in [6.07, 6.45) is 0.992. The monoisotopic (exact) mass is 319 g/mol. The van der Waals surface area contributed by atoms with Gasteiger partial charge in [-0.2, -0.15) is 0 Å². The molecule has 5 nitrogen and oxygen atoms in total. The van der Waals surface area contributed by atoms with E-state index in [-0.39, 0.29) is 23.0 Å². The summed E-state index contributed by atoms with van der Waals surface area (Å²) in [5.74, 6) is 0.0908. The number of hydrogen-bond acceptors (Lipinski definition) is 4. The van der Waals surface area contributed by atoms with Gasteiger partial charge in [0, 0.05) is 24.3 Å². The number of nitrogens with zero attached hydrogens (tertiary/aromatic N) is 1. The van der Waals surface area contributed by atoms with Crippen LogP contribution in [0.25, 0.3) is 0 Å². The van der Waals surface area contributed by atoms with E-state index in [0.717, 1.165) is 6.42 Å². The van der Waals surface area contributed by atoms with Gasteiger partial charge >= 0.3 is 0 Å². The van der Waals surface area contributed by atoms with Crippen LogP contribution in [-0.4, -0.2) is 39.9 Å². The quantitative estimate of drug-likeness (QED) is 0.753. The highest BCUT2D eigenvalue weighted by atomic mass is 35.7. The minimum Gasteiger partial charge on any atom is -0.495 e. The standard InChI is InChI=1S/C13H18ClNO4S/c1-4-7-15(2)13(16)9-10-5-6-11(19-3)12(8-10)20(14,17)18/h5-6,8H,4,7,9H2,1-3H3. The Morgan fingerprint density at radius 3 is 2.55 bits per heavy atom. The van der Waals surface area contributed by atoms with Crippen molar-refractivity contribution in [3.63, 3.8) is 0 Å². The van der Waals surface area contributed by atoms with Crippen LogP contribution in [0.3, 0.4) is 0 Å². The number of hydrogen-bond donors (Lipinski definition) is 0. The summed E-state index contributed by atoms with van der Waals surface area (Å²) in [4.78, 5) is 13.4. The average molecular weight is 320 g/mol. The number of amides is 1. The van der Waals surface area contributed by atoms with Crippen LogP contribution in [0.1, 0.15) is 18.9 Å². The number of carbonyl (C=O) groups excluding carboxylic acids is 1. The molecule has 1 aromatic rings. The second-order valence-corrected chi connectivity index (χ2v) is 6.95. The van der Waals surface area contributed by atoms with Crippen LogP contribution in [0, 0.1) is 0 Å². The van der Waals surface area contributed by atoms with Crippen LogP contribution in [-0.2, 0) is 20.3 Å². The van der Waals surface area contributed by atoms with E-state index in [1.54, 1.807) is 18.0 Å². The second kappa shape index (κ2) is 6.95. The number of ether oxygens (including phenoxy) is 1. The van der Waals surface area contributed by atoms with Crippen LogP contribution < -0.4 is 4.74 Å². The molecule has 0 N–H and O–H groups in total. The molecule has 0 radical (unpaired) electrons. The Labute approximate surface area is 123 Å². The van der Waals surface area contributed by atoms with Crippen molar-refractivity contribution in [1.82, 2.24) is 4.90 Å². The largest absolute Gasteiger partial charge is 0.495 e. The van der Waals surface area contributed by atoms with Gasteiger partial charge < -0.3 is 9.64 Å². The van der Waals surface area contributed by atoms with Gasteiger partial charge in [0.25, 0.3) is 9.05 Å². The van der Waals surface area contributed by atoms with Gasteiger partial charge in [-0.15, -0.1) is 0 Å². The summed E-state index contributed by atoms with van der Waals surface area (Å²) in [6.45, 7) is 2.64. The number of rotatable bonds is 6. The van der Waals surface area contributed by atoms with E-state index in [9.17, 15) is 13.2 Å². The van der Waals surface area contributed by atoms with E-state index >= 15 is 0 Å². The molecule has 0 saturated heterocycles. The number of carbonyl (C=O) groups is 1. The Balaban J connectivity index is 3.02. The smallest absolute Gasteiger partial charge is 0.264 e. The molecule has 1 rings (SSSR count). The number of benzene rings is 1. The normalized spacial score (nSPS) is 11.2. The highest BCUT2D eigenvalue weighted by Crippen LogP contribution is 2.28. The Morgan fingerprint density at radius 2 is 2.05 bits per heavy atom. The van der Waals surface area contributed by atoms with Crippen molar-refractivity contribution in [3.8, 4) is 5.75 Å². The van der Waals surface area contributed by atoms with Gasteiger partial charge in [-0.3, -0.25) is 4.79 Å². The van der Waals surface area contributed by atoms with Gasteiger partial charge in [-0.25, -0.2) is 8.42 Å². The van der Waals surface area contributed by atoms with Crippen molar-refractivity contribution in [1.29, 1.82) is 0 Å². The molecule has 0 unspecified atom stereocenters. The summed E-state index contributed by atoms with van der Waals surface area (Å²) in [5.41, 5.74) is 0.581. The van der Waals surface area contributed by atoms with Gasteiger partial charge in [-0.05, 0) is 24.1 Å². The lowest BCUT2D eigenvalue weighted by Gasteiger charge is -2.16. The Morgan fingerprint density at radius 1 is 1.40 bits per heavy atom. The first-order valence-corrected chi connectivity index (χ1v) is 8.46. The molecule has 20 heavy (non-hydrogen) atoms. The maximum absolute atomic E-state index is 11.9. The first-order valence-electron chi connectivity index (χ1n) is 6.15. The molecule has 0 aromatic heterocycles. The maximum atomic E-state index is 11.9. The fourth-order valence-corrected chi connectivity index (χ4v) is 2.84. The van der Waals surface area contributed by atoms with E-state index < -0.39 is 9.05 Å². The lowest BCUT2D eigenvalue weighted by Crippen LogP contribution is -2.28. The molecule has 0 aliphatic heterocycles. The molecule has 1 aromatic carbocycles. The van der Waals surface area contributed by atoms with E-state index in [2.05, 4.69) is 0 Å². The molecule has 7 heteroatoms. The predicted octanol–water partition coefficient (Wildman–Crippen LogP) is 2.03. The van der Waals surface area contributed by atoms with E-state index in [0.29, 0.717) is 12.1 Å². The molecule has 0 bridgehead atoms. The first kappa shape index (κ1) is 16.8. The zero-order valence-electron chi connectivity index (χ0n) is 11.7. The molecule has 0 spiro atoms. The Hall–Kier alpha value is -1.27. The molecule has 0 atom stereocenters. The Bertz CT molecular complexity index is 586. The lowest BCUT2D eigenvalue weighted by molar-refractivity contribution is -0.129. The van der Waals surface area contributed by atoms with Crippen molar-refractivity contribution in [3.05, 3.63) is 23.8 Å². The minimum atomic E-state index is -3.91. The highest BCUT2D eigenvalue weighted by molar-refractivity contribution is 8.13. The van der Waals surface area contributed by atoms with E-state index in [4.69, 9.17) is 15.4 Å². The average Bonchev–Trinajstić information content (AvgIpc) is 2.37. The zero-order chi connectivity index (χ0) is 15.3. The molecule has 0 aliphatic carbocycles. The van der Waals surface area contributed by atoms with Crippen LogP contribution >= 0.6 is 10.7 Å². The summed E-state index contributed by atoms with van der Waals surface area (Å²) in [6, 6.07) is 4.53. The minimum absolute atomic E-state index is 0.0741. The Kier molecular flexibility index (Phi) is 5.83. The van der Waals surface area contributed by atoms with Crippen LogP contribution in [0.15, 0.2) is 23.1 Å². The van der Waals surface area contributed by atoms with Crippen molar-refractivity contribution in [2.45, 2.75) is 24.7 Å². The second-order valence-electron chi connectivity index (χ2n) is 4.42. The van der Waals surface area contributed by atoms with Crippen LogP contribution in [0.4, 0.5) is 0 Å². The van der Waals surface area contributed by atoms with Gasteiger partial charge in [0.05, 0.1) is 13.5 Å². The van der Waals surface area contributed by atoms with Crippen LogP contribution in [0.2, 0.25) is 0 Å². The van der Waals surface area contributed by atoms with Gasteiger partial charge in [-0.1, -0.05) is 13.0 Å². The van der Waals surface area contributed by atoms with Crippen molar-refractivity contribution in [2.24, 2.45) is 0 Å². The summed E-state index contributed by atoms with van der Waals surface area (Å²) in [7, 11) is 4.53. The van der Waals surface area contributed by atoms with Crippen molar-refractivity contribution >= 4 is 25.6 Å². The number of methoxy groups -OCH3 is 1. The molecular formula is C13H18ClNO4S. The lowest BCUT2D eigenvalue weighted by atomic mass is 10.1. The SMILES string of the molecule is CCCN(C)C(=O)Cc1ccc(OC)c(S(=O)(=O)Cl)c1. The number of likely N-dealkylation sites (N-methyl/N-ethyl adjacent to an activating group) is 1. The molecule has 112 valence electrons. The molecule has 0 aliphatic rings. The van der Waals surface area contributed by atoms with E-state index in [1.165, 1.54) is 19.2 Å². The maximum Gasteiger partial charge on any atom is 0.264 e. The van der Waals surface area contributed by atoms with E-state index in [1.807, 2.05) is 6.92 Å². The topological polar surface area (TPSA) is 63.7 Å². The van der Waals surface area contributed by atoms with Gasteiger partial charge in [0.2, 0.25) is 5.91 Å². The summed E-state index contributed by atoms with van der Waals surface area (Å²) < 4.78 is 27.9. The first-order chi connectivity index (χ1) is 9.29. The third-order valence-corrected chi connectivity index (χ3v) is 4.17. The third kappa shape index (κ3) is 4.38. The predicted molar refractivity (Wildman–Crippen MR) is 77.7 cm³/mol. The highest BCUT2D eigenvalue weighted by Gasteiger charge is 2.18. The zero-order valence-corrected chi connectivity index (χ0v) is 13.3. The van der Waals surface area contributed by atoms with Crippen molar-refractivity contribution < 1.29 is 17.9 Å². The van der Waals surface area contributed by atoms with Crippen molar-refractivity contribution in [2.75, 3.05) is 20.7 Å². The third-order valence-electron chi connectivity index (χ3n) is 2.83. The van der Waals surface area contributed by atoms with Crippen LogP contribution in [0.5, 0.6) is 5.75 Å². The molecular weight excluding hydrogens is 302 g/mol. The molecule has 0 saturated carbocycles. The van der Waals surface area contributed by atoms with Gasteiger partial charge in [0.1, 0.15) is 10.6 Å². The summed E-state index contributed by atoms with van der Waals surface area (Å²) >= 11 is 0. The fourth-order valence-electron chi connectivity index (χ4n) is 1.79. The number of halogens is 1. The molecule has 1 amide bonds. The summed E-state index contributed by atoms with van der Waals surface area (Å²) in [5, 5.41) is 0. The van der Waals surface area contributed by atoms with Gasteiger partial charge in [0.15, 0.2) is 0 Å². The molecule has 0 fully saturated rings.